The van der Waals surface area contributed by atoms with Gasteiger partial charge in [0.15, 0.2) is 5.78 Å². The minimum absolute atomic E-state index is 0.0477. The van der Waals surface area contributed by atoms with Crippen LogP contribution in [0.2, 0.25) is 0 Å². The van der Waals surface area contributed by atoms with Crippen molar-refractivity contribution < 1.29 is 14.6 Å². The molecule has 4 heteroatoms. The van der Waals surface area contributed by atoms with E-state index in [1.165, 1.54) is 26.2 Å². The highest BCUT2D eigenvalue weighted by molar-refractivity contribution is 6.00. The maximum Gasteiger partial charge on any atom is 0.167 e. The van der Waals surface area contributed by atoms with Gasteiger partial charge in [-0.15, -0.1) is 0 Å². The number of Topliss-reactive ketones (excluding diaryl/α,β-unsaturated/α-hetero) is 1. The summed E-state index contributed by atoms with van der Waals surface area (Å²) in [6.45, 7) is 1.30. The molecule has 0 fully saturated rings. The summed E-state index contributed by atoms with van der Waals surface area (Å²) in [6.07, 6.45) is 0. The first-order valence-electron chi connectivity index (χ1n) is 3.92. The van der Waals surface area contributed by atoms with E-state index in [0.717, 1.165) is 0 Å². The van der Waals surface area contributed by atoms with Crippen LogP contribution >= 0.6 is 0 Å². The Bertz CT molecular complexity index is 418. The van der Waals surface area contributed by atoms with Crippen LogP contribution in [-0.2, 0) is 0 Å². The molecule has 0 radical (unpaired) electrons. The number of nitrogens with zero attached hydrogens (tertiary/aromatic N) is 1. The van der Waals surface area contributed by atoms with Crippen LogP contribution in [-0.4, -0.2) is 18.0 Å². The summed E-state index contributed by atoms with van der Waals surface area (Å²) in [5, 5.41) is 18.2. The van der Waals surface area contributed by atoms with Crippen molar-refractivity contribution in [3.05, 3.63) is 23.3 Å². The molecular formula is C10H9NO3. The van der Waals surface area contributed by atoms with Gasteiger partial charge >= 0.3 is 0 Å². The fraction of sp³-hybridized carbons (Fsp3) is 0.200. The SMILES string of the molecule is COc1ccc(C#N)c(O)c1C(C)=O. The molecule has 0 aliphatic carbocycles. The first-order chi connectivity index (χ1) is 6.61. The standard InChI is InChI=1S/C10H9NO3/c1-6(12)9-8(14-2)4-3-7(5-11)10(9)13/h3-4,13H,1-2H3. The van der Waals surface area contributed by atoms with Gasteiger partial charge in [-0.05, 0) is 19.1 Å². The summed E-state index contributed by atoms with van der Waals surface area (Å²) in [6, 6.07) is 4.67. The van der Waals surface area contributed by atoms with Crippen molar-refractivity contribution in [2.45, 2.75) is 6.92 Å². The van der Waals surface area contributed by atoms with Gasteiger partial charge in [-0.2, -0.15) is 5.26 Å². The summed E-state index contributed by atoms with van der Waals surface area (Å²) in [5.41, 5.74) is 0.113. The maximum atomic E-state index is 11.2. The molecule has 1 N–H and O–H groups in total. The number of hydrogen-bond donors (Lipinski definition) is 1. The molecule has 1 aromatic carbocycles. The van der Waals surface area contributed by atoms with Crippen LogP contribution < -0.4 is 4.74 Å². The Labute approximate surface area is 81.4 Å². The smallest absolute Gasteiger partial charge is 0.167 e. The van der Waals surface area contributed by atoms with Crippen LogP contribution in [0.1, 0.15) is 22.8 Å². The van der Waals surface area contributed by atoms with Gasteiger partial charge in [-0.1, -0.05) is 0 Å². The van der Waals surface area contributed by atoms with Crippen LogP contribution in [0.4, 0.5) is 0 Å². The minimum atomic E-state index is -0.337. The maximum absolute atomic E-state index is 11.2. The minimum Gasteiger partial charge on any atom is -0.506 e. The van der Waals surface area contributed by atoms with Crippen molar-refractivity contribution >= 4 is 5.78 Å². The van der Waals surface area contributed by atoms with Crippen LogP contribution in [0, 0.1) is 11.3 Å². The summed E-state index contributed by atoms with van der Waals surface area (Å²) in [5.74, 6) is -0.384. The van der Waals surface area contributed by atoms with Gasteiger partial charge in [0.25, 0.3) is 0 Å². The number of hydrogen-bond acceptors (Lipinski definition) is 4. The molecule has 0 unspecified atom stereocenters. The highest BCUT2D eigenvalue weighted by Gasteiger charge is 2.16. The van der Waals surface area contributed by atoms with Crippen molar-refractivity contribution in [3.63, 3.8) is 0 Å². The zero-order valence-electron chi connectivity index (χ0n) is 7.87. The van der Waals surface area contributed by atoms with E-state index in [2.05, 4.69) is 0 Å². The zero-order chi connectivity index (χ0) is 10.7. The fourth-order valence-electron chi connectivity index (χ4n) is 1.17. The number of methoxy groups -OCH3 is 1. The molecule has 0 atom stereocenters. The summed E-state index contributed by atoms with van der Waals surface area (Å²) in [7, 11) is 1.40. The van der Waals surface area contributed by atoms with Crippen LogP contribution in [0.3, 0.4) is 0 Å². The Hall–Kier alpha value is -2.02. The number of ether oxygens (including phenoxy) is 1. The Kier molecular flexibility index (Phi) is 2.73. The van der Waals surface area contributed by atoms with Gasteiger partial charge in [-0.25, -0.2) is 0 Å². The lowest BCUT2D eigenvalue weighted by Crippen LogP contribution is -1.99. The van der Waals surface area contributed by atoms with Crippen molar-refractivity contribution in [1.82, 2.24) is 0 Å². The van der Waals surface area contributed by atoms with E-state index in [1.54, 1.807) is 6.07 Å². The van der Waals surface area contributed by atoms with Crippen molar-refractivity contribution in [2.75, 3.05) is 7.11 Å². The number of aromatic hydroxyl groups is 1. The Morgan fingerprint density at radius 1 is 1.57 bits per heavy atom. The second-order valence-electron chi connectivity index (χ2n) is 2.71. The molecule has 1 rings (SSSR count). The number of benzene rings is 1. The van der Waals surface area contributed by atoms with Gasteiger partial charge in [0, 0.05) is 0 Å². The normalized spacial score (nSPS) is 9.21. The molecule has 0 aliphatic heterocycles. The molecule has 72 valence electrons. The van der Waals surface area contributed by atoms with Gasteiger partial charge < -0.3 is 9.84 Å². The van der Waals surface area contributed by atoms with Crippen LogP contribution in [0.15, 0.2) is 12.1 Å². The first-order valence-corrected chi connectivity index (χ1v) is 3.92. The monoisotopic (exact) mass is 191 g/mol. The average Bonchev–Trinajstić information content (AvgIpc) is 2.16. The number of phenolic OH excluding ortho intramolecular Hbond substituents is 1. The molecule has 0 spiro atoms. The van der Waals surface area contributed by atoms with Crippen molar-refractivity contribution in [3.8, 4) is 17.6 Å². The summed E-state index contributed by atoms with van der Waals surface area (Å²) < 4.78 is 4.90. The van der Waals surface area contributed by atoms with Crippen LogP contribution in [0.25, 0.3) is 0 Å². The van der Waals surface area contributed by atoms with Crippen molar-refractivity contribution in [1.29, 1.82) is 5.26 Å². The third kappa shape index (κ3) is 1.52. The van der Waals surface area contributed by atoms with E-state index < -0.39 is 0 Å². The van der Waals surface area contributed by atoms with E-state index in [0.29, 0.717) is 0 Å². The number of carbonyl (C=O) groups excluding carboxylic acids is 1. The molecule has 4 nitrogen and oxygen atoms in total. The van der Waals surface area contributed by atoms with Crippen LogP contribution in [0.5, 0.6) is 11.5 Å². The number of ketones is 1. The van der Waals surface area contributed by atoms with E-state index in [9.17, 15) is 9.90 Å². The predicted molar refractivity (Wildman–Crippen MR) is 49.4 cm³/mol. The summed E-state index contributed by atoms with van der Waals surface area (Å²) >= 11 is 0. The molecular weight excluding hydrogens is 182 g/mol. The fourth-order valence-corrected chi connectivity index (χ4v) is 1.17. The van der Waals surface area contributed by atoms with Gasteiger partial charge in [0.2, 0.25) is 0 Å². The Balaban J connectivity index is 3.49. The van der Waals surface area contributed by atoms with E-state index in [4.69, 9.17) is 10.00 Å². The Morgan fingerprint density at radius 3 is 2.64 bits per heavy atom. The summed E-state index contributed by atoms with van der Waals surface area (Å²) in [4.78, 5) is 11.2. The van der Waals surface area contributed by atoms with Crippen molar-refractivity contribution in [2.24, 2.45) is 0 Å². The molecule has 0 bridgehead atoms. The van der Waals surface area contributed by atoms with E-state index in [1.807, 2.05) is 0 Å². The van der Waals surface area contributed by atoms with Gasteiger partial charge in [0.05, 0.1) is 12.7 Å². The second-order valence-corrected chi connectivity index (χ2v) is 2.71. The lowest BCUT2D eigenvalue weighted by Gasteiger charge is -2.08. The van der Waals surface area contributed by atoms with Gasteiger partial charge in [0.1, 0.15) is 23.1 Å². The number of carbonyl (C=O) groups is 1. The number of nitriles is 1. The predicted octanol–water partition coefficient (Wildman–Crippen LogP) is 1.48. The van der Waals surface area contributed by atoms with E-state index >= 15 is 0 Å². The molecule has 1 aromatic rings. The zero-order valence-corrected chi connectivity index (χ0v) is 7.87. The number of phenols is 1. The molecule has 0 aromatic heterocycles. The third-order valence-electron chi connectivity index (χ3n) is 1.83. The molecule has 14 heavy (non-hydrogen) atoms. The first kappa shape index (κ1) is 10.1. The average molecular weight is 191 g/mol. The lowest BCUT2D eigenvalue weighted by atomic mass is 10.1. The lowest BCUT2D eigenvalue weighted by molar-refractivity contribution is 0.101. The highest BCUT2D eigenvalue weighted by Crippen LogP contribution is 2.30. The van der Waals surface area contributed by atoms with Gasteiger partial charge in [-0.3, -0.25) is 4.79 Å². The molecule has 0 heterocycles. The van der Waals surface area contributed by atoms with E-state index in [-0.39, 0.29) is 28.4 Å². The topological polar surface area (TPSA) is 70.3 Å². The second kappa shape index (κ2) is 3.79. The largest absolute Gasteiger partial charge is 0.506 e. The molecule has 0 amide bonds. The Morgan fingerprint density at radius 2 is 2.21 bits per heavy atom. The third-order valence-corrected chi connectivity index (χ3v) is 1.83. The highest BCUT2D eigenvalue weighted by atomic mass is 16.5. The molecule has 0 aliphatic rings. The number of rotatable bonds is 2. The molecule has 0 saturated heterocycles. The molecule has 0 saturated carbocycles. The quantitative estimate of drug-likeness (QED) is 0.718.